The van der Waals surface area contributed by atoms with Crippen LogP contribution in [0.4, 0.5) is 14.7 Å². The van der Waals surface area contributed by atoms with Crippen LogP contribution in [0, 0.1) is 17.6 Å². The highest BCUT2D eigenvalue weighted by Crippen LogP contribution is 2.51. The second-order valence-corrected chi connectivity index (χ2v) is 8.69. The molecule has 3 fully saturated rings. The van der Waals surface area contributed by atoms with E-state index in [0.29, 0.717) is 30.7 Å². The lowest BCUT2D eigenvalue weighted by atomic mass is 9.87. The van der Waals surface area contributed by atoms with Gasteiger partial charge in [-0.3, -0.25) is 4.79 Å². The van der Waals surface area contributed by atoms with Crippen LogP contribution in [-0.2, 0) is 10.2 Å². The molecule has 3 heterocycles. The minimum Gasteiger partial charge on any atom is -0.497 e. The summed E-state index contributed by atoms with van der Waals surface area (Å²) < 4.78 is 34.3. The van der Waals surface area contributed by atoms with Gasteiger partial charge < -0.3 is 15.0 Å². The predicted molar refractivity (Wildman–Crippen MR) is 103 cm³/mol. The van der Waals surface area contributed by atoms with E-state index in [-0.39, 0.29) is 29.3 Å². The van der Waals surface area contributed by atoms with Crippen molar-refractivity contribution in [2.45, 2.75) is 62.6 Å². The van der Waals surface area contributed by atoms with Gasteiger partial charge in [-0.1, -0.05) is 12.0 Å². The van der Waals surface area contributed by atoms with Gasteiger partial charge in [0.25, 0.3) is 0 Å². The maximum absolute atomic E-state index is 14.7. The molecule has 1 amide bonds. The quantitative estimate of drug-likeness (QED) is 0.772. The molecule has 0 radical (unpaired) electrons. The second kappa shape index (κ2) is 6.88. The number of carbonyl (C=O) groups is 1. The van der Waals surface area contributed by atoms with Gasteiger partial charge in [0.2, 0.25) is 11.9 Å². The molecule has 10 heteroatoms. The average Bonchev–Trinajstić information content (AvgIpc) is 3.16. The molecule has 30 heavy (non-hydrogen) atoms. The smallest absolute Gasteiger partial charge is 0.243 e. The first kappa shape index (κ1) is 19.2. The van der Waals surface area contributed by atoms with E-state index >= 15 is 0 Å². The minimum atomic E-state index is -1.16. The summed E-state index contributed by atoms with van der Waals surface area (Å²) in [5, 5.41) is 17.4. The predicted octanol–water partition coefficient (Wildman–Crippen LogP) is 2.08. The van der Waals surface area contributed by atoms with E-state index in [1.54, 1.807) is 0 Å². The zero-order valence-corrected chi connectivity index (χ0v) is 16.9. The Balaban J connectivity index is 1.40. The van der Waals surface area contributed by atoms with Crippen LogP contribution in [0.1, 0.15) is 44.6 Å². The fraction of sp³-hybridized carbons (Fsp3) is 0.600. The highest BCUT2D eigenvalue weighted by molar-refractivity contribution is 5.91. The minimum absolute atomic E-state index is 0.0475. The molecule has 1 aliphatic carbocycles. The third-order valence-corrected chi connectivity index (χ3v) is 7.03. The summed E-state index contributed by atoms with van der Waals surface area (Å²) >= 11 is 0. The van der Waals surface area contributed by atoms with E-state index in [2.05, 4.69) is 37.8 Å². The summed E-state index contributed by atoms with van der Waals surface area (Å²) in [5.74, 6) is -0.785. The number of halogens is 2. The van der Waals surface area contributed by atoms with Gasteiger partial charge in [0.15, 0.2) is 0 Å². The number of ether oxygens (including phenoxy) is 1. The van der Waals surface area contributed by atoms with Crippen molar-refractivity contribution in [1.29, 1.82) is 0 Å². The SMILES string of the molecule is COc1cc(F)c(C2(C(=O)N[C@H]3C[C@H](C)[C@H]4CC[C@@H]3N4c3nnn[nH]3)CC2)c(F)c1. The Kier molecular flexibility index (Phi) is 4.41. The Hall–Kier alpha value is -2.78. The Morgan fingerprint density at radius 3 is 2.57 bits per heavy atom. The topological polar surface area (TPSA) is 96.0 Å². The number of fused-ring (bicyclic) bond motifs is 2. The maximum atomic E-state index is 14.7. The van der Waals surface area contributed by atoms with Crippen LogP contribution in [0.5, 0.6) is 5.75 Å². The van der Waals surface area contributed by atoms with Gasteiger partial charge in [0, 0.05) is 29.8 Å². The van der Waals surface area contributed by atoms with Gasteiger partial charge in [-0.2, -0.15) is 0 Å². The second-order valence-electron chi connectivity index (χ2n) is 8.69. The molecule has 3 aliphatic rings. The molecule has 1 saturated carbocycles. The summed E-state index contributed by atoms with van der Waals surface area (Å²) in [6.07, 6.45) is 3.54. The number of aromatic nitrogens is 4. The van der Waals surface area contributed by atoms with E-state index in [4.69, 9.17) is 4.74 Å². The number of piperidine rings is 1. The first-order valence-electron chi connectivity index (χ1n) is 10.3. The molecule has 2 bridgehead atoms. The van der Waals surface area contributed by atoms with Crippen molar-refractivity contribution in [3.8, 4) is 5.75 Å². The van der Waals surface area contributed by atoms with Gasteiger partial charge in [-0.25, -0.2) is 13.9 Å². The molecule has 5 rings (SSSR count). The molecule has 2 aliphatic heterocycles. The molecule has 2 N–H and O–H groups in total. The number of benzene rings is 1. The van der Waals surface area contributed by atoms with E-state index < -0.39 is 17.0 Å². The zero-order chi connectivity index (χ0) is 21.0. The molecule has 4 atom stereocenters. The number of carbonyl (C=O) groups excluding carboxylic acids is 1. The summed E-state index contributed by atoms with van der Waals surface area (Å²) in [7, 11) is 1.35. The Labute approximate surface area is 172 Å². The van der Waals surface area contributed by atoms with Crippen LogP contribution >= 0.6 is 0 Å². The van der Waals surface area contributed by atoms with E-state index in [9.17, 15) is 13.6 Å². The van der Waals surface area contributed by atoms with Crippen molar-refractivity contribution in [3.63, 3.8) is 0 Å². The van der Waals surface area contributed by atoms with E-state index in [1.165, 1.54) is 7.11 Å². The molecule has 2 saturated heterocycles. The average molecular weight is 418 g/mol. The Morgan fingerprint density at radius 2 is 1.97 bits per heavy atom. The number of methoxy groups -OCH3 is 1. The fourth-order valence-corrected chi connectivity index (χ4v) is 5.41. The maximum Gasteiger partial charge on any atom is 0.243 e. The lowest BCUT2D eigenvalue weighted by Crippen LogP contribution is -2.58. The molecule has 1 aromatic heterocycles. The molecule has 1 aromatic carbocycles. The number of nitrogens with one attached hydrogen (secondary N) is 2. The van der Waals surface area contributed by atoms with Crippen LogP contribution in [0.25, 0.3) is 0 Å². The van der Waals surface area contributed by atoms with Gasteiger partial charge in [0.1, 0.15) is 17.4 Å². The first-order chi connectivity index (χ1) is 14.4. The lowest BCUT2D eigenvalue weighted by Gasteiger charge is -2.43. The number of tetrazole rings is 1. The van der Waals surface area contributed by atoms with Gasteiger partial charge >= 0.3 is 0 Å². The number of hydrogen-bond acceptors (Lipinski definition) is 6. The van der Waals surface area contributed by atoms with Crippen LogP contribution in [0.15, 0.2) is 12.1 Å². The molecule has 2 aromatic rings. The lowest BCUT2D eigenvalue weighted by molar-refractivity contribution is -0.124. The molecular formula is C20H24F2N6O2. The standard InChI is InChI=1S/C20H24F2N6O2/c1-10-7-14(16-4-3-15(10)28(16)19-24-26-27-25-19)23-18(29)20(5-6-20)17-12(21)8-11(30-2)9-13(17)22/h8-10,14-16H,3-7H2,1-2H3,(H,23,29)(H,24,25,26,27)/t10-,14-,15+,16-/m0/s1. The molecular weight excluding hydrogens is 394 g/mol. The monoisotopic (exact) mass is 418 g/mol. The van der Waals surface area contributed by atoms with Gasteiger partial charge in [-0.15, -0.1) is 0 Å². The van der Waals surface area contributed by atoms with Crippen molar-refractivity contribution in [1.82, 2.24) is 25.9 Å². The summed E-state index contributed by atoms with van der Waals surface area (Å²) in [6, 6.07) is 2.48. The fourth-order valence-electron chi connectivity index (χ4n) is 5.41. The van der Waals surface area contributed by atoms with Crippen LogP contribution in [0.2, 0.25) is 0 Å². The molecule has 0 spiro atoms. The van der Waals surface area contributed by atoms with Crippen molar-refractivity contribution in [3.05, 3.63) is 29.3 Å². The van der Waals surface area contributed by atoms with Crippen molar-refractivity contribution >= 4 is 11.9 Å². The Morgan fingerprint density at radius 1 is 1.27 bits per heavy atom. The van der Waals surface area contributed by atoms with Crippen molar-refractivity contribution < 1.29 is 18.3 Å². The van der Waals surface area contributed by atoms with Crippen LogP contribution in [-0.4, -0.2) is 51.8 Å². The summed E-state index contributed by atoms with van der Waals surface area (Å²) in [6.45, 7) is 2.15. The van der Waals surface area contributed by atoms with Crippen LogP contribution < -0.4 is 15.0 Å². The van der Waals surface area contributed by atoms with E-state index in [0.717, 1.165) is 31.4 Å². The summed E-state index contributed by atoms with van der Waals surface area (Å²) in [5.41, 5.74) is -1.32. The Bertz CT molecular complexity index is 941. The number of aromatic amines is 1. The third kappa shape index (κ3) is 2.84. The molecule has 8 nitrogen and oxygen atoms in total. The first-order valence-corrected chi connectivity index (χ1v) is 10.3. The number of nitrogens with zero attached hydrogens (tertiary/aromatic N) is 4. The molecule has 0 unspecified atom stereocenters. The zero-order valence-electron chi connectivity index (χ0n) is 16.9. The van der Waals surface area contributed by atoms with Gasteiger partial charge in [-0.05, 0) is 48.4 Å². The third-order valence-electron chi connectivity index (χ3n) is 7.03. The summed E-state index contributed by atoms with van der Waals surface area (Å²) in [4.78, 5) is 15.4. The normalized spacial score (nSPS) is 29.0. The van der Waals surface area contributed by atoms with E-state index in [1.807, 2.05) is 0 Å². The number of H-pyrrole nitrogens is 1. The largest absolute Gasteiger partial charge is 0.497 e. The number of hydrogen-bond donors (Lipinski definition) is 2. The van der Waals surface area contributed by atoms with Crippen molar-refractivity contribution in [2.24, 2.45) is 5.92 Å². The number of rotatable bonds is 5. The number of anilines is 1. The number of amides is 1. The molecule has 160 valence electrons. The van der Waals surface area contributed by atoms with Gasteiger partial charge in [0.05, 0.1) is 18.6 Å². The highest BCUT2D eigenvalue weighted by Gasteiger charge is 2.56. The van der Waals surface area contributed by atoms with Crippen LogP contribution in [0.3, 0.4) is 0 Å². The van der Waals surface area contributed by atoms with Crippen molar-refractivity contribution in [2.75, 3.05) is 12.0 Å². The highest BCUT2D eigenvalue weighted by atomic mass is 19.1.